The van der Waals surface area contributed by atoms with Crippen molar-refractivity contribution in [1.29, 1.82) is 0 Å². The van der Waals surface area contributed by atoms with Crippen LogP contribution in [0.15, 0.2) is 0 Å². The van der Waals surface area contributed by atoms with Crippen LogP contribution in [0.1, 0.15) is 51.4 Å². The average molecular weight is 254 g/mol. The first-order chi connectivity index (χ1) is 7.27. The van der Waals surface area contributed by atoms with Gasteiger partial charge >= 0.3 is 11.4 Å². The zero-order valence-electron chi connectivity index (χ0n) is 9.19. The van der Waals surface area contributed by atoms with E-state index in [0.29, 0.717) is 6.61 Å². The molecule has 3 nitrogen and oxygen atoms in total. The third-order valence-corrected chi connectivity index (χ3v) is 2.92. The zero-order chi connectivity index (χ0) is 11.4. The first-order valence-corrected chi connectivity index (χ1v) is 7.29. The fourth-order valence-corrected chi connectivity index (χ4v) is 1.89. The fraction of sp³-hybridized carbons (Fsp3) is 1.00. The molecule has 0 aromatic rings. The van der Waals surface area contributed by atoms with Crippen molar-refractivity contribution in [2.45, 2.75) is 51.4 Å². The fourth-order valence-electron chi connectivity index (χ4n) is 1.40. The first kappa shape index (κ1) is 15.4. The van der Waals surface area contributed by atoms with Crippen LogP contribution in [0.3, 0.4) is 0 Å². The van der Waals surface area contributed by atoms with Crippen LogP contribution in [-0.2, 0) is 15.5 Å². The standard InChI is InChI=1S/C10H22O3S2/c11-15(12)13-9-7-5-3-1-2-4-6-8-10-14/h14H,1-10H2,(H,11,12). The molecule has 0 bridgehead atoms. The van der Waals surface area contributed by atoms with E-state index in [-0.39, 0.29) is 0 Å². The van der Waals surface area contributed by atoms with Crippen LogP contribution >= 0.6 is 12.6 Å². The Labute approximate surface area is 101 Å². The number of hydrogen-bond acceptors (Lipinski definition) is 3. The summed E-state index contributed by atoms with van der Waals surface area (Å²) >= 11 is 2.07. The third-order valence-electron chi connectivity index (χ3n) is 2.24. The summed E-state index contributed by atoms with van der Waals surface area (Å²) in [5.41, 5.74) is 0. The number of unbranched alkanes of at least 4 members (excludes halogenated alkanes) is 7. The van der Waals surface area contributed by atoms with Gasteiger partial charge in [0.05, 0.1) is 6.61 Å². The largest absolute Gasteiger partial charge is 0.301 e. The van der Waals surface area contributed by atoms with Gasteiger partial charge < -0.3 is 0 Å². The van der Waals surface area contributed by atoms with Crippen molar-refractivity contribution in [3.05, 3.63) is 0 Å². The molecule has 0 rings (SSSR count). The minimum atomic E-state index is -2.09. The molecule has 0 spiro atoms. The lowest BCUT2D eigenvalue weighted by atomic mass is 10.1. The molecule has 0 fully saturated rings. The van der Waals surface area contributed by atoms with E-state index in [2.05, 4.69) is 16.8 Å². The van der Waals surface area contributed by atoms with Gasteiger partial charge in [-0.15, -0.1) is 0 Å². The Kier molecular flexibility index (Phi) is 12.8. The maximum atomic E-state index is 10.1. The smallest absolute Gasteiger partial charge is 0.284 e. The van der Waals surface area contributed by atoms with E-state index in [9.17, 15) is 4.21 Å². The monoisotopic (exact) mass is 254 g/mol. The second-order valence-electron chi connectivity index (χ2n) is 3.59. The van der Waals surface area contributed by atoms with Crippen LogP contribution in [0, 0.1) is 0 Å². The summed E-state index contributed by atoms with van der Waals surface area (Å²) in [6.45, 7) is 0.392. The maximum absolute atomic E-state index is 10.1. The van der Waals surface area contributed by atoms with Gasteiger partial charge in [-0.05, 0) is 18.6 Å². The zero-order valence-corrected chi connectivity index (χ0v) is 10.9. The molecule has 0 saturated carbocycles. The summed E-state index contributed by atoms with van der Waals surface area (Å²) < 4.78 is 23.0. The normalized spacial score (nSPS) is 12.9. The van der Waals surface area contributed by atoms with Gasteiger partial charge in [0.15, 0.2) is 0 Å². The molecule has 0 aliphatic carbocycles. The van der Waals surface area contributed by atoms with Gasteiger partial charge in [0, 0.05) is 0 Å². The highest BCUT2D eigenvalue weighted by Gasteiger charge is 1.94. The Balaban J connectivity index is 2.89. The Morgan fingerprint density at radius 2 is 1.40 bits per heavy atom. The van der Waals surface area contributed by atoms with Gasteiger partial charge in [-0.3, -0.25) is 8.74 Å². The van der Waals surface area contributed by atoms with E-state index in [1.54, 1.807) is 0 Å². The molecule has 1 N–H and O–H groups in total. The van der Waals surface area contributed by atoms with Crippen LogP contribution < -0.4 is 0 Å². The molecular weight excluding hydrogens is 232 g/mol. The van der Waals surface area contributed by atoms with Crippen molar-refractivity contribution >= 4 is 24.0 Å². The van der Waals surface area contributed by atoms with Gasteiger partial charge in [0.2, 0.25) is 0 Å². The molecule has 1 atom stereocenters. The number of thiol groups is 1. The third kappa shape index (κ3) is 14.4. The lowest BCUT2D eigenvalue weighted by molar-refractivity contribution is 0.296. The van der Waals surface area contributed by atoms with Gasteiger partial charge in [-0.1, -0.05) is 38.5 Å². The molecule has 92 valence electrons. The van der Waals surface area contributed by atoms with Gasteiger partial charge in [0.25, 0.3) is 0 Å². The lowest BCUT2D eigenvalue weighted by Gasteiger charge is -2.01. The molecule has 0 aromatic carbocycles. The number of rotatable bonds is 11. The summed E-state index contributed by atoms with van der Waals surface area (Å²) in [5.74, 6) is 0.996. The molecule has 0 radical (unpaired) electrons. The summed E-state index contributed by atoms with van der Waals surface area (Å²) in [5, 5.41) is 0. The van der Waals surface area contributed by atoms with Crippen molar-refractivity contribution in [1.82, 2.24) is 0 Å². The lowest BCUT2D eigenvalue weighted by Crippen LogP contribution is -1.97. The highest BCUT2D eigenvalue weighted by molar-refractivity contribution is 7.80. The Morgan fingerprint density at radius 3 is 1.87 bits per heavy atom. The Bertz CT molecular complexity index is 154. The maximum Gasteiger partial charge on any atom is 0.301 e. The molecule has 5 heteroatoms. The minimum Gasteiger partial charge on any atom is -0.284 e. The van der Waals surface area contributed by atoms with Crippen LogP contribution in [0.25, 0.3) is 0 Å². The van der Waals surface area contributed by atoms with Gasteiger partial charge in [-0.25, -0.2) is 0 Å². The molecule has 0 heterocycles. The van der Waals surface area contributed by atoms with E-state index in [1.807, 2.05) is 0 Å². The van der Waals surface area contributed by atoms with Crippen LogP contribution in [-0.4, -0.2) is 21.1 Å². The predicted molar refractivity (Wildman–Crippen MR) is 67.5 cm³/mol. The second-order valence-corrected chi connectivity index (χ2v) is 4.71. The van der Waals surface area contributed by atoms with Crippen molar-refractivity contribution in [2.75, 3.05) is 12.4 Å². The Hall–Kier alpha value is 0.420. The van der Waals surface area contributed by atoms with Gasteiger partial charge in [0.1, 0.15) is 0 Å². The van der Waals surface area contributed by atoms with Crippen molar-refractivity contribution in [2.24, 2.45) is 0 Å². The van der Waals surface area contributed by atoms with E-state index >= 15 is 0 Å². The van der Waals surface area contributed by atoms with Crippen LogP contribution in [0.5, 0.6) is 0 Å². The van der Waals surface area contributed by atoms with Crippen molar-refractivity contribution in [3.63, 3.8) is 0 Å². The van der Waals surface area contributed by atoms with E-state index in [0.717, 1.165) is 18.6 Å². The molecule has 0 aliphatic heterocycles. The summed E-state index contributed by atoms with van der Waals surface area (Å²) in [7, 11) is 0. The predicted octanol–water partition coefficient (Wildman–Crippen LogP) is 3.19. The quantitative estimate of drug-likeness (QED) is 0.338. The van der Waals surface area contributed by atoms with E-state index in [4.69, 9.17) is 4.55 Å². The number of hydrogen-bond donors (Lipinski definition) is 2. The molecule has 0 amide bonds. The van der Waals surface area contributed by atoms with E-state index in [1.165, 1.54) is 38.5 Å². The highest BCUT2D eigenvalue weighted by atomic mass is 32.2. The molecule has 0 aromatic heterocycles. The molecular formula is C10H22O3S2. The first-order valence-electron chi connectivity index (χ1n) is 5.62. The summed E-state index contributed by atoms with van der Waals surface area (Å²) in [6.07, 6.45) is 9.53. The van der Waals surface area contributed by atoms with E-state index < -0.39 is 11.4 Å². The summed E-state index contributed by atoms with van der Waals surface area (Å²) in [6, 6.07) is 0. The second kappa shape index (κ2) is 12.5. The SMILES string of the molecule is O=S(O)OCCCCCCCCCCS. The van der Waals surface area contributed by atoms with Gasteiger partial charge in [-0.2, -0.15) is 16.8 Å². The van der Waals surface area contributed by atoms with Crippen molar-refractivity contribution in [3.8, 4) is 0 Å². The van der Waals surface area contributed by atoms with Crippen molar-refractivity contribution < 1.29 is 12.9 Å². The summed E-state index contributed by atoms with van der Waals surface area (Å²) in [4.78, 5) is 0. The molecule has 15 heavy (non-hydrogen) atoms. The van der Waals surface area contributed by atoms with Crippen LogP contribution in [0.4, 0.5) is 0 Å². The van der Waals surface area contributed by atoms with Crippen LogP contribution in [0.2, 0.25) is 0 Å². The highest BCUT2D eigenvalue weighted by Crippen LogP contribution is 2.08. The topological polar surface area (TPSA) is 46.5 Å². The molecule has 0 aliphatic rings. The Morgan fingerprint density at radius 1 is 0.933 bits per heavy atom. The minimum absolute atomic E-state index is 0.392. The average Bonchev–Trinajstić information content (AvgIpc) is 2.20. The molecule has 0 saturated heterocycles. The molecule has 1 unspecified atom stereocenters.